The first-order valence-electron chi connectivity index (χ1n) is 12.1. The molecule has 2 saturated heterocycles. The van der Waals surface area contributed by atoms with Gasteiger partial charge in [0, 0.05) is 17.5 Å². The molecule has 2 fully saturated rings. The molecule has 0 spiro atoms. The number of benzene rings is 2. The number of nitrogens with zero attached hydrogens (tertiary/aromatic N) is 3. The Labute approximate surface area is 212 Å². The van der Waals surface area contributed by atoms with Gasteiger partial charge in [-0.1, -0.05) is 31.5 Å². The van der Waals surface area contributed by atoms with Gasteiger partial charge in [-0.2, -0.15) is 0 Å². The van der Waals surface area contributed by atoms with Gasteiger partial charge in [-0.05, 0) is 44.0 Å². The van der Waals surface area contributed by atoms with Crippen LogP contribution in [0.15, 0.2) is 41.3 Å². The van der Waals surface area contributed by atoms with Crippen molar-refractivity contribution in [1.29, 1.82) is 0 Å². The van der Waals surface area contributed by atoms with Crippen LogP contribution >= 0.6 is 0 Å². The Morgan fingerprint density at radius 3 is 2.36 bits per heavy atom. The largest absolute Gasteiger partial charge is 0.627 e. The van der Waals surface area contributed by atoms with Gasteiger partial charge in [0.1, 0.15) is 25.4 Å². The number of carbonyl (C=O) groups excluding carboxylic acids is 2. The number of rotatable bonds is 5. The van der Waals surface area contributed by atoms with Gasteiger partial charge in [0.2, 0.25) is 0 Å². The standard InChI is InChI=1S/C26H33N3O6S/c1-17(2)22-16-35-26(31)28(22)20-7-8-21(24(15-20)36(5,33)34)25(30)27-10-12-29(32,13-11-27)23-9-6-18(3)14-19(23)4/h6-9,14-15,17,22H,10-13,16H2,1-5H3/t22-/m0/s1. The quantitative estimate of drug-likeness (QED) is 0.444. The summed E-state index contributed by atoms with van der Waals surface area (Å²) in [6, 6.07) is 9.91. The fraction of sp³-hybridized carbons (Fsp3) is 0.462. The minimum absolute atomic E-state index is 0.0346. The fourth-order valence-corrected chi connectivity index (χ4v) is 5.92. The normalized spacial score (nSPS) is 20.1. The zero-order chi connectivity index (χ0) is 26.4. The minimum Gasteiger partial charge on any atom is -0.627 e. The number of aryl methyl sites for hydroxylation is 2. The van der Waals surface area contributed by atoms with Crippen LogP contribution in [0, 0.1) is 25.0 Å². The summed E-state index contributed by atoms with van der Waals surface area (Å²) in [6.45, 7) is 8.78. The van der Waals surface area contributed by atoms with E-state index in [1.165, 1.54) is 21.9 Å². The van der Waals surface area contributed by atoms with Gasteiger partial charge in [0.15, 0.2) is 9.84 Å². The van der Waals surface area contributed by atoms with E-state index in [0.717, 1.165) is 17.4 Å². The summed E-state index contributed by atoms with van der Waals surface area (Å²) in [5.41, 5.74) is 3.09. The van der Waals surface area contributed by atoms with Crippen LogP contribution in [0.3, 0.4) is 0 Å². The summed E-state index contributed by atoms with van der Waals surface area (Å²) in [7, 11) is -3.79. The van der Waals surface area contributed by atoms with Crippen molar-refractivity contribution in [3.63, 3.8) is 0 Å². The Balaban J connectivity index is 1.60. The number of piperazine rings is 1. The molecule has 2 aliphatic heterocycles. The second kappa shape index (κ2) is 9.49. The average Bonchev–Trinajstić information content (AvgIpc) is 3.19. The van der Waals surface area contributed by atoms with Crippen molar-refractivity contribution in [2.75, 3.05) is 43.9 Å². The van der Waals surface area contributed by atoms with Gasteiger partial charge >= 0.3 is 6.09 Å². The highest BCUT2D eigenvalue weighted by atomic mass is 32.2. The molecule has 4 rings (SSSR count). The van der Waals surface area contributed by atoms with Gasteiger partial charge < -0.3 is 19.5 Å². The number of ether oxygens (including phenoxy) is 1. The van der Waals surface area contributed by atoms with E-state index in [9.17, 15) is 23.2 Å². The molecule has 0 aromatic heterocycles. The van der Waals surface area contributed by atoms with Crippen LogP contribution in [0.1, 0.15) is 35.3 Å². The van der Waals surface area contributed by atoms with E-state index in [0.29, 0.717) is 11.4 Å². The highest BCUT2D eigenvalue weighted by molar-refractivity contribution is 7.90. The van der Waals surface area contributed by atoms with E-state index in [4.69, 9.17) is 4.74 Å². The highest BCUT2D eigenvalue weighted by Gasteiger charge is 2.38. The van der Waals surface area contributed by atoms with Gasteiger partial charge in [0.25, 0.3) is 5.91 Å². The van der Waals surface area contributed by atoms with Crippen LogP contribution in [0.4, 0.5) is 16.2 Å². The molecule has 0 radical (unpaired) electrons. The number of hydrogen-bond donors (Lipinski definition) is 0. The van der Waals surface area contributed by atoms with Crippen LogP contribution in [-0.2, 0) is 14.6 Å². The summed E-state index contributed by atoms with van der Waals surface area (Å²) >= 11 is 0. The van der Waals surface area contributed by atoms with Crippen molar-refractivity contribution in [1.82, 2.24) is 9.55 Å². The number of hydroxylamine groups is 2. The van der Waals surface area contributed by atoms with Gasteiger partial charge in [-0.25, -0.2) is 13.2 Å². The van der Waals surface area contributed by atoms with Crippen molar-refractivity contribution in [2.45, 2.75) is 38.6 Å². The second-order valence-corrected chi connectivity index (χ2v) is 12.1. The number of amides is 2. The van der Waals surface area contributed by atoms with Crippen molar-refractivity contribution >= 4 is 33.2 Å². The molecule has 10 heteroatoms. The lowest BCUT2D eigenvalue weighted by molar-refractivity contribution is 0.0679. The zero-order valence-electron chi connectivity index (χ0n) is 21.4. The van der Waals surface area contributed by atoms with E-state index in [1.54, 1.807) is 6.07 Å². The summed E-state index contributed by atoms with van der Waals surface area (Å²) in [6.07, 6.45) is 0.500. The third-order valence-corrected chi connectivity index (χ3v) is 8.23. The first kappa shape index (κ1) is 26.1. The molecule has 0 N–H and O–H groups in total. The van der Waals surface area contributed by atoms with Crippen molar-refractivity contribution in [2.24, 2.45) is 5.92 Å². The molecule has 9 nitrogen and oxygen atoms in total. The Bertz CT molecular complexity index is 1300. The molecule has 0 bridgehead atoms. The Morgan fingerprint density at radius 2 is 1.78 bits per heavy atom. The summed E-state index contributed by atoms with van der Waals surface area (Å²) < 4.78 is 30.1. The molecule has 36 heavy (non-hydrogen) atoms. The van der Waals surface area contributed by atoms with Crippen molar-refractivity contribution in [3.05, 3.63) is 58.3 Å². The van der Waals surface area contributed by atoms with Crippen LogP contribution in [0.25, 0.3) is 0 Å². The Hall–Kier alpha value is -2.95. The monoisotopic (exact) mass is 515 g/mol. The fourth-order valence-electron chi connectivity index (χ4n) is 5.03. The van der Waals surface area contributed by atoms with Crippen molar-refractivity contribution in [3.8, 4) is 0 Å². The number of carbonyl (C=O) groups is 2. The zero-order valence-corrected chi connectivity index (χ0v) is 22.2. The van der Waals surface area contributed by atoms with Crippen LogP contribution in [0.2, 0.25) is 0 Å². The molecule has 1 atom stereocenters. The molecule has 0 saturated carbocycles. The maximum atomic E-state index is 13.5. The van der Waals surface area contributed by atoms with E-state index in [-0.39, 0.29) is 55.2 Å². The highest BCUT2D eigenvalue weighted by Crippen LogP contribution is 2.32. The molecule has 2 heterocycles. The summed E-state index contributed by atoms with van der Waals surface area (Å²) in [4.78, 5) is 28.7. The molecule has 2 amide bonds. The maximum Gasteiger partial charge on any atom is 0.414 e. The van der Waals surface area contributed by atoms with E-state index < -0.39 is 26.5 Å². The van der Waals surface area contributed by atoms with Gasteiger partial charge in [0.05, 0.1) is 29.6 Å². The molecule has 2 aliphatic rings. The summed E-state index contributed by atoms with van der Waals surface area (Å²) in [5, 5.41) is 13.5. The Morgan fingerprint density at radius 1 is 1.11 bits per heavy atom. The molecular formula is C26H33N3O6S. The Kier molecular flexibility index (Phi) is 6.89. The third-order valence-electron chi connectivity index (χ3n) is 7.09. The number of cyclic esters (lactones) is 1. The van der Waals surface area contributed by atoms with E-state index in [1.807, 2.05) is 45.9 Å². The lowest BCUT2D eigenvalue weighted by Crippen LogP contribution is -2.58. The molecule has 0 unspecified atom stereocenters. The molecule has 2 aromatic carbocycles. The number of quaternary nitrogens is 1. The second-order valence-electron chi connectivity index (χ2n) is 10.1. The van der Waals surface area contributed by atoms with Gasteiger partial charge in [-0.15, -0.1) is 0 Å². The van der Waals surface area contributed by atoms with Crippen LogP contribution in [0.5, 0.6) is 0 Å². The molecule has 194 valence electrons. The predicted octanol–water partition coefficient (Wildman–Crippen LogP) is 3.65. The number of hydrogen-bond acceptors (Lipinski definition) is 6. The number of anilines is 1. The smallest absolute Gasteiger partial charge is 0.414 e. The van der Waals surface area contributed by atoms with Crippen LogP contribution in [-0.4, -0.2) is 70.4 Å². The first-order valence-corrected chi connectivity index (χ1v) is 14.0. The average molecular weight is 516 g/mol. The lowest BCUT2D eigenvalue weighted by Gasteiger charge is -2.48. The number of sulfone groups is 1. The lowest BCUT2D eigenvalue weighted by atomic mass is 10.0. The maximum absolute atomic E-state index is 13.5. The van der Waals surface area contributed by atoms with Gasteiger partial charge in [-0.3, -0.25) is 9.69 Å². The molecular weight excluding hydrogens is 482 g/mol. The SMILES string of the molecule is Cc1ccc([N+]2([O-])CCN(C(=O)c3ccc(N4C(=O)OC[C@H]4C(C)C)cc3S(C)(=O)=O)CC2)c(C)c1. The van der Waals surface area contributed by atoms with Crippen LogP contribution < -0.4 is 9.55 Å². The minimum atomic E-state index is -3.79. The predicted molar refractivity (Wildman–Crippen MR) is 139 cm³/mol. The topological polar surface area (TPSA) is 107 Å². The summed E-state index contributed by atoms with van der Waals surface area (Å²) in [5.74, 6) is -0.353. The molecule has 2 aromatic rings. The third kappa shape index (κ3) is 4.85. The van der Waals surface area contributed by atoms with Crippen molar-refractivity contribution < 1.29 is 22.7 Å². The molecule has 0 aliphatic carbocycles. The first-order chi connectivity index (χ1) is 16.8. The van der Waals surface area contributed by atoms with E-state index >= 15 is 0 Å². The van der Waals surface area contributed by atoms with E-state index in [2.05, 4.69) is 0 Å².